The summed E-state index contributed by atoms with van der Waals surface area (Å²) in [4.78, 5) is 0. The molecule has 4 heteroatoms. The largest absolute Gasteiger partial charge is 0.344 e. The fourth-order valence-corrected chi connectivity index (χ4v) is 4.87. The van der Waals surface area contributed by atoms with Crippen molar-refractivity contribution in [2.45, 2.75) is 0 Å². The fraction of sp³-hybridized carbons (Fsp3) is 0.0370. The van der Waals surface area contributed by atoms with E-state index < -0.39 is 0 Å². The van der Waals surface area contributed by atoms with Crippen molar-refractivity contribution in [2.24, 2.45) is 7.05 Å². The van der Waals surface area contributed by atoms with Gasteiger partial charge in [-0.2, -0.15) is 10.5 Å². The first-order valence-corrected chi connectivity index (χ1v) is 10.1. The van der Waals surface area contributed by atoms with E-state index in [2.05, 4.69) is 70.8 Å². The Morgan fingerprint density at radius 1 is 0.613 bits per heavy atom. The third-order valence-corrected chi connectivity index (χ3v) is 6.21. The Hall–Kier alpha value is -4.54. The third kappa shape index (κ3) is 2.22. The van der Waals surface area contributed by atoms with Crippen molar-refractivity contribution in [2.75, 3.05) is 0 Å². The van der Waals surface area contributed by atoms with Crippen molar-refractivity contribution >= 4 is 43.6 Å². The van der Waals surface area contributed by atoms with Crippen molar-refractivity contribution < 1.29 is 0 Å². The molecule has 0 bridgehead atoms. The molecule has 4 nitrogen and oxygen atoms in total. The summed E-state index contributed by atoms with van der Waals surface area (Å²) in [5.41, 5.74) is 6.38. The Balaban J connectivity index is 1.80. The monoisotopic (exact) mass is 396 g/mol. The molecule has 2 heterocycles. The standard InChI is InChI=1S/C27H16N4/c1-30-22-9-3-2-8-20(22)21-14-19(12-13-23(21)30)31-24-10-4-6-17(15-28)26(24)27-18(16-29)7-5-11-25(27)31/h2-14H,1H3. The van der Waals surface area contributed by atoms with Gasteiger partial charge in [-0.1, -0.05) is 30.3 Å². The lowest BCUT2D eigenvalue weighted by atomic mass is 10.0. The molecule has 0 unspecified atom stereocenters. The third-order valence-electron chi connectivity index (χ3n) is 6.21. The Morgan fingerprint density at radius 2 is 1.19 bits per heavy atom. The van der Waals surface area contributed by atoms with Gasteiger partial charge in [0.2, 0.25) is 0 Å². The van der Waals surface area contributed by atoms with Crippen LogP contribution in [0.1, 0.15) is 11.1 Å². The molecule has 0 atom stereocenters. The molecule has 31 heavy (non-hydrogen) atoms. The fourth-order valence-electron chi connectivity index (χ4n) is 4.87. The minimum atomic E-state index is 0.579. The summed E-state index contributed by atoms with van der Waals surface area (Å²) in [7, 11) is 2.09. The van der Waals surface area contributed by atoms with Gasteiger partial charge >= 0.3 is 0 Å². The summed E-state index contributed by atoms with van der Waals surface area (Å²) >= 11 is 0. The minimum absolute atomic E-state index is 0.579. The van der Waals surface area contributed by atoms with E-state index >= 15 is 0 Å². The summed E-state index contributed by atoms with van der Waals surface area (Å²) in [6.07, 6.45) is 0. The lowest BCUT2D eigenvalue weighted by Gasteiger charge is -2.09. The Bertz CT molecular complexity index is 1700. The zero-order valence-electron chi connectivity index (χ0n) is 16.8. The second-order valence-corrected chi connectivity index (χ2v) is 7.74. The molecule has 4 aromatic carbocycles. The normalized spacial score (nSPS) is 11.3. The van der Waals surface area contributed by atoms with Gasteiger partial charge in [0, 0.05) is 45.3 Å². The van der Waals surface area contributed by atoms with Gasteiger partial charge in [-0.05, 0) is 48.5 Å². The number of benzene rings is 4. The van der Waals surface area contributed by atoms with E-state index in [1.807, 2.05) is 36.4 Å². The maximum absolute atomic E-state index is 9.76. The van der Waals surface area contributed by atoms with Crippen LogP contribution in [0.2, 0.25) is 0 Å². The van der Waals surface area contributed by atoms with Gasteiger partial charge in [-0.25, -0.2) is 0 Å². The van der Waals surface area contributed by atoms with E-state index in [1.54, 1.807) is 0 Å². The van der Waals surface area contributed by atoms with E-state index in [1.165, 1.54) is 21.8 Å². The topological polar surface area (TPSA) is 57.4 Å². The molecular formula is C27H16N4. The SMILES string of the molecule is Cn1c2ccccc2c2cc(-n3c4cccc(C#N)c4c4c(C#N)cccc43)ccc21. The van der Waals surface area contributed by atoms with Crippen LogP contribution in [0.15, 0.2) is 78.9 Å². The second kappa shape index (κ2) is 6.23. The van der Waals surface area contributed by atoms with Gasteiger partial charge in [0.1, 0.15) is 0 Å². The lowest BCUT2D eigenvalue weighted by molar-refractivity contribution is 1.01. The molecule has 0 fully saturated rings. The number of fused-ring (bicyclic) bond motifs is 6. The summed E-state index contributed by atoms with van der Waals surface area (Å²) < 4.78 is 4.37. The molecule has 2 aromatic heterocycles. The average molecular weight is 396 g/mol. The van der Waals surface area contributed by atoms with E-state index in [0.717, 1.165) is 27.5 Å². The van der Waals surface area contributed by atoms with Crippen molar-refractivity contribution in [1.82, 2.24) is 9.13 Å². The van der Waals surface area contributed by atoms with Crippen molar-refractivity contribution in [3.63, 3.8) is 0 Å². The maximum atomic E-state index is 9.76. The first-order valence-electron chi connectivity index (χ1n) is 10.1. The van der Waals surface area contributed by atoms with Crippen LogP contribution >= 0.6 is 0 Å². The quantitative estimate of drug-likeness (QED) is 0.334. The van der Waals surface area contributed by atoms with Crippen molar-refractivity contribution in [1.29, 1.82) is 10.5 Å². The van der Waals surface area contributed by atoms with Gasteiger partial charge in [-0.3, -0.25) is 0 Å². The Morgan fingerprint density at radius 3 is 1.84 bits per heavy atom. The molecule has 0 aliphatic heterocycles. The summed E-state index contributed by atoms with van der Waals surface area (Å²) in [6, 6.07) is 30.9. The van der Waals surface area contributed by atoms with Crippen LogP contribution in [0.5, 0.6) is 0 Å². The molecule has 144 valence electrons. The number of aryl methyl sites for hydroxylation is 1. The van der Waals surface area contributed by atoms with Gasteiger partial charge in [0.05, 0.1) is 34.3 Å². The Kier molecular flexibility index (Phi) is 3.48. The van der Waals surface area contributed by atoms with Gasteiger partial charge in [0.15, 0.2) is 0 Å². The van der Waals surface area contributed by atoms with E-state index in [4.69, 9.17) is 0 Å². The number of para-hydroxylation sites is 1. The zero-order valence-corrected chi connectivity index (χ0v) is 16.8. The summed E-state index contributed by atoms with van der Waals surface area (Å²) in [6.45, 7) is 0. The van der Waals surface area contributed by atoms with Gasteiger partial charge < -0.3 is 9.13 Å². The van der Waals surface area contributed by atoms with Crippen LogP contribution in [-0.2, 0) is 7.05 Å². The highest BCUT2D eigenvalue weighted by atomic mass is 15.0. The highest BCUT2D eigenvalue weighted by Crippen LogP contribution is 2.37. The number of rotatable bonds is 1. The second-order valence-electron chi connectivity index (χ2n) is 7.74. The van der Waals surface area contributed by atoms with Crippen molar-refractivity contribution in [3.8, 4) is 17.8 Å². The molecule has 6 aromatic rings. The first kappa shape index (κ1) is 17.3. The minimum Gasteiger partial charge on any atom is -0.344 e. The van der Waals surface area contributed by atoms with Crippen LogP contribution in [-0.4, -0.2) is 9.13 Å². The number of nitriles is 2. The van der Waals surface area contributed by atoms with Gasteiger partial charge in [0.25, 0.3) is 0 Å². The van der Waals surface area contributed by atoms with Crippen LogP contribution in [0.25, 0.3) is 49.3 Å². The predicted molar refractivity (Wildman–Crippen MR) is 124 cm³/mol. The zero-order chi connectivity index (χ0) is 21.1. The summed E-state index contributed by atoms with van der Waals surface area (Å²) in [5, 5.41) is 23.6. The lowest BCUT2D eigenvalue weighted by Crippen LogP contribution is -1.94. The molecule has 0 aliphatic rings. The number of nitrogens with zero attached hydrogens (tertiary/aromatic N) is 4. The number of aromatic nitrogens is 2. The number of hydrogen-bond acceptors (Lipinski definition) is 2. The molecule has 0 aliphatic carbocycles. The predicted octanol–water partition coefficient (Wildman–Crippen LogP) is 6.17. The number of hydrogen-bond donors (Lipinski definition) is 0. The molecule has 0 spiro atoms. The van der Waals surface area contributed by atoms with Crippen molar-refractivity contribution in [3.05, 3.63) is 90.0 Å². The van der Waals surface area contributed by atoms with Crippen LogP contribution < -0.4 is 0 Å². The molecule has 0 amide bonds. The van der Waals surface area contributed by atoms with Crippen LogP contribution in [0.4, 0.5) is 0 Å². The molecule has 0 saturated heterocycles. The smallest absolute Gasteiger partial charge is 0.0999 e. The van der Waals surface area contributed by atoms with E-state index in [0.29, 0.717) is 11.1 Å². The molecular weight excluding hydrogens is 380 g/mol. The molecule has 0 saturated carbocycles. The molecule has 6 rings (SSSR count). The average Bonchev–Trinajstić information content (AvgIpc) is 3.31. The van der Waals surface area contributed by atoms with Crippen LogP contribution in [0.3, 0.4) is 0 Å². The van der Waals surface area contributed by atoms with E-state index in [9.17, 15) is 10.5 Å². The molecule has 0 radical (unpaired) electrons. The van der Waals surface area contributed by atoms with Crippen LogP contribution in [0, 0.1) is 22.7 Å². The van der Waals surface area contributed by atoms with E-state index in [-0.39, 0.29) is 0 Å². The maximum Gasteiger partial charge on any atom is 0.0999 e. The Labute approximate surface area is 178 Å². The van der Waals surface area contributed by atoms with Gasteiger partial charge in [-0.15, -0.1) is 0 Å². The highest BCUT2D eigenvalue weighted by Gasteiger charge is 2.18. The highest BCUT2D eigenvalue weighted by molar-refractivity contribution is 6.15. The molecule has 0 N–H and O–H groups in total. The first-order chi connectivity index (χ1) is 15.2. The summed E-state index contributed by atoms with van der Waals surface area (Å²) in [5.74, 6) is 0.